The van der Waals surface area contributed by atoms with Gasteiger partial charge in [-0.15, -0.1) is 0 Å². The molecule has 0 saturated carbocycles. The van der Waals surface area contributed by atoms with Gasteiger partial charge in [-0.05, 0) is 0 Å². The monoisotopic (exact) mass is 374 g/mol. The second-order valence-electron chi connectivity index (χ2n) is 6.29. The Morgan fingerprint density at radius 1 is 0.760 bits per heavy atom. The van der Waals surface area contributed by atoms with Crippen LogP contribution in [0.1, 0.15) is 5.56 Å². The van der Waals surface area contributed by atoms with E-state index in [4.69, 9.17) is 29.0 Å². The summed E-state index contributed by atoms with van der Waals surface area (Å²) in [4.78, 5) is 0. The fourth-order valence-electron chi connectivity index (χ4n) is 3.21. The van der Waals surface area contributed by atoms with Crippen LogP contribution in [0.4, 0.5) is 0 Å². The van der Waals surface area contributed by atoms with Crippen LogP contribution in [-0.4, -0.2) is 6.91 Å². The molecule has 0 amide bonds. The number of hydrogen-bond acceptors (Lipinski definition) is 4. The fraction of sp³-hybridized carbons (Fsp3) is 0.0588. The average molecular weight is 375 g/mol. The molecule has 2 aromatic heterocycles. The molecular formula is C17H15ClN2O4Si. The number of hydrogen-bond donors (Lipinski definition) is 0. The van der Waals surface area contributed by atoms with Crippen molar-refractivity contribution in [1.82, 2.24) is 0 Å². The molecule has 0 saturated heterocycles. The molecule has 4 heterocycles. The van der Waals surface area contributed by atoms with Crippen molar-refractivity contribution in [2.45, 2.75) is 6.92 Å². The third-order valence-electron chi connectivity index (χ3n) is 4.43. The summed E-state index contributed by atoms with van der Waals surface area (Å²) >= 11 is 7.25. The summed E-state index contributed by atoms with van der Waals surface area (Å²) in [5, 5.41) is 0.495. The van der Waals surface area contributed by atoms with Crippen LogP contribution in [0.15, 0.2) is 73.1 Å². The van der Waals surface area contributed by atoms with E-state index < -0.39 is 6.91 Å². The number of aryl methyl sites for hydroxylation is 1. The Bertz CT molecular complexity index is 924. The van der Waals surface area contributed by atoms with Crippen molar-refractivity contribution in [1.29, 1.82) is 0 Å². The van der Waals surface area contributed by atoms with Crippen molar-refractivity contribution in [3.8, 4) is 11.8 Å². The maximum absolute atomic E-state index is 7.25. The zero-order chi connectivity index (χ0) is 17.2. The molecule has 2 aliphatic heterocycles. The molecule has 0 fully saturated rings. The first-order chi connectivity index (χ1) is 11.9. The molecule has 5 rings (SSSR count). The van der Waals surface area contributed by atoms with Gasteiger partial charge in [0.1, 0.15) is 0 Å². The zero-order valence-electron chi connectivity index (χ0n) is 13.3. The quantitative estimate of drug-likeness (QED) is 0.361. The van der Waals surface area contributed by atoms with E-state index in [1.807, 2.05) is 43.3 Å². The van der Waals surface area contributed by atoms with Crippen LogP contribution in [0, 0.1) is 6.92 Å². The fourth-order valence-corrected chi connectivity index (χ4v) is 8.34. The van der Waals surface area contributed by atoms with Gasteiger partial charge in [0.15, 0.2) is 0 Å². The minimum absolute atomic E-state index is 0.399. The van der Waals surface area contributed by atoms with Gasteiger partial charge in [0.05, 0.1) is 0 Å². The summed E-state index contributed by atoms with van der Waals surface area (Å²) in [6.45, 7) is -3.67. The molecular weight excluding hydrogens is 360 g/mol. The first-order valence-electron chi connectivity index (χ1n) is 7.89. The zero-order valence-corrected chi connectivity index (χ0v) is 15.1. The molecule has 1 aromatic carbocycles. The van der Waals surface area contributed by atoms with Crippen molar-refractivity contribution >= 4 is 23.2 Å². The number of nitrogens with zero attached hydrogens (tertiary/aromatic N) is 2. The predicted octanol–water partition coefficient (Wildman–Crippen LogP) is 0.899. The van der Waals surface area contributed by atoms with Gasteiger partial charge < -0.3 is 0 Å². The number of aromatic nitrogens is 2. The summed E-state index contributed by atoms with van der Waals surface area (Å²) in [6, 6.07) is 18.2. The van der Waals surface area contributed by atoms with Gasteiger partial charge >= 0.3 is 148 Å². The molecule has 128 valence electrons. The molecule has 0 N–H and O–H groups in total. The van der Waals surface area contributed by atoms with E-state index in [-0.39, 0.29) is 0 Å². The molecule has 6 nitrogen and oxygen atoms in total. The third kappa shape index (κ3) is 1.74. The molecule has 1 spiro atoms. The van der Waals surface area contributed by atoms with Gasteiger partial charge in [-0.1, -0.05) is 0 Å². The Morgan fingerprint density at radius 2 is 1.28 bits per heavy atom. The van der Waals surface area contributed by atoms with E-state index >= 15 is 0 Å². The number of benzene rings is 1. The summed E-state index contributed by atoms with van der Waals surface area (Å²) in [5.41, 5.74) is 1.07. The van der Waals surface area contributed by atoms with E-state index in [9.17, 15) is 0 Å². The molecule has 0 aliphatic carbocycles. The molecule has 0 bridgehead atoms. The molecule has 0 unspecified atom stereocenters. The van der Waals surface area contributed by atoms with Crippen molar-refractivity contribution in [3.05, 3.63) is 78.6 Å². The van der Waals surface area contributed by atoms with Gasteiger partial charge in [0.25, 0.3) is 0 Å². The van der Waals surface area contributed by atoms with Crippen molar-refractivity contribution in [3.63, 3.8) is 0 Å². The Kier molecular flexibility index (Phi) is 2.37. The molecule has 8 heteroatoms. The standard InChI is InChI=1S/C17H15ClN2O4Si/c1-14-8-10-15(11-9-14)25(18,21-16-6-2-4-12-19(16)23-25)22-17-7-3-5-13-20(17)24-25/h2-13H,1H3. The van der Waals surface area contributed by atoms with Crippen molar-refractivity contribution in [2.75, 3.05) is 0 Å². The summed E-state index contributed by atoms with van der Waals surface area (Å²) < 4.78 is 27.7. The maximum atomic E-state index is 7.25. The second kappa shape index (κ2) is 4.06. The summed E-state index contributed by atoms with van der Waals surface area (Å²) in [7, 11) is 0. The second-order valence-corrected chi connectivity index (χ2v) is 12.7. The first-order valence-corrected chi connectivity index (χ1v) is 11.5. The number of rotatable bonds is 1. The predicted molar refractivity (Wildman–Crippen MR) is 90.1 cm³/mol. The van der Waals surface area contributed by atoms with Crippen LogP contribution in [0.25, 0.3) is 0 Å². The molecule has 0 atom stereocenters. The molecule has 25 heavy (non-hydrogen) atoms. The Hall–Kier alpha value is -2.77. The van der Waals surface area contributed by atoms with Crippen LogP contribution >= 0.6 is 11.1 Å². The van der Waals surface area contributed by atoms with Gasteiger partial charge in [-0.25, -0.2) is 0 Å². The van der Waals surface area contributed by atoms with Gasteiger partial charge in [-0.3, -0.25) is 0 Å². The van der Waals surface area contributed by atoms with Gasteiger partial charge in [0, 0.05) is 0 Å². The minimum atomic E-state index is -5.65. The summed E-state index contributed by atoms with van der Waals surface area (Å²) in [5.74, 6) is 0.798. The first kappa shape index (κ1) is 14.6. The van der Waals surface area contributed by atoms with Crippen LogP contribution in [0.2, 0.25) is 0 Å². The van der Waals surface area contributed by atoms with E-state index in [0.29, 0.717) is 16.9 Å². The Labute approximate surface area is 148 Å². The summed E-state index contributed by atoms with van der Waals surface area (Å²) in [6.07, 6.45) is 3.39. The third-order valence-corrected chi connectivity index (χ3v) is 9.89. The number of fused-ring (bicyclic) bond motifs is 2. The SMILES string of the molecule is Cc1ccc([Si-2]23(Cl)(Oc4cccc[n+]4O2)Oc2cccc[n+]2O3)cc1. The van der Waals surface area contributed by atoms with Crippen LogP contribution in [0.5, 0.6) is 11.8 Å². The molecule has 2 aliphatic rings. The Morgan fingerprint density at radius 3 is 1.76 bits per heavy atom. The van der Waals surface area contributed by atoms with Crippen molar-refractivity contribution < 1.29 is 27.4 Å². The topological polar surface area (TPSA) is 44.7 Å². The normalized spacial score (nSPS) is 22.5. The molecule has 3 aromatic rings. The van der Waals surface area contributed by atoms with E-state index in [2.05, 4.69) is 0 Å². The van der Waals surface area contributed by atoms with Crippen molar-refractivity contribution in [2.24, 2.45) is 0 Å². The van der Waals surface area contributed by atoms with E-state index in [1.54, 1.807) is 36.7 Å². The van der Waals surface area contributed by atoms with Gasteiger partial charge in [-0.2, -0.15) is 0 Å². The van der Waals surface area contributed by atoms with Crippen LogP contribution < -0.4 is 32.6 Å². The average Bonchev–Trinajstić information content (AvgIpc) is 3.04. The Balaban J connectivity index is 1.81. The van der Waals surface area contributed by atoms with Crippen LogP contribution in [-0.2, 0) is 0 Å². The number of halogens is 1. The molecule has 0 radical (unpaired) electrons. The van der Waals surface area contributed by atoms with E-state index in [1.165, 1.54) is 9.46 Å². The van der Waals surface area contributed by atoms with Gasteiger partial charge in [0.2, 0.25) is 0 Å². The van der Waals surface area contributed by atoms with Crippen LogP contribution in [0.3, 0.4) is 0 Å². The van der Waals surface area contributed by atoms with E-state index in [0.717, 1.165) is 5.56 Å². The number of pyridine rings is 2.